The third-order valence-electron chi connectivity index (χ3n) is 5.17. The molecule has 0 saturated carbocycles. The van der Waals surface area contributed by atoms with Crippen molar-refractivity contribution in [1.29, 1.82) is 5.26 Å². The zero-order chi connectivity index (χ0) is 23.8. The van der Waals surface area contributed by atoms with Crippen LogP contribution in [0.4, 0.5) is 5.82 Å². The second kappa shape index (κ2) is 11.1. The minimum absolute atomic E-state index is 0.0600. The summed E-state index contributed by atoms with van der Waals surface area (Å²) in [4.78, 5) is 16.3. The number of hydrogen-bond acceptors (Lipinski definition) is 7. The maximum absolute atomic E-state index is 11.8. The molecule has 2 atom stereocenters. The molecule has 9 nitrogen and oxygen atoms in total. The van der Waals surface area contributed by atoms with Crippen LogP contribution in [0.1, 0.15) is 19.4 Å². The molecule has 2 N–H and O–H groups in total. The zero-order valence-corrected chi connectivity index (χ0v) is 19.0. The van der Waals surface area contributed by atoms with E-state index >= 15 is 0 Å². The van der Waals surface area contributed by atoms with Gasteiger partial charge in [0, 0.05) is 37.5 Å². The van der Waals surface area contributed by atoms with Crippen molar-refractivity contribution in [2.45, 2.75) is 20.0 Å². The quantitative estimate of drug-likeness (QED) is 0.342. The fourth-order valence-corrected chi connectivity index (χ4v) is 3.06. The molecule has 9 heteroatoms. The van der Waals surface area contributed by atoms with Crippen molar-refractivity contribution < 1.29 is 14.3 Å². The van der Waals surface area contributed by atoms with E-state index in [1.807, 2.05) is 25.1 Å². The number of carbonyl (C=O) groups is 1. The Kier molecular flexibility index (Phi) is 8.00. The molecule has 33 heavy (non-hydrogen) atoms. The minimum atomic E-state index is -0.224. The molecule has 1 amide bonds. The maximum Gasteiger partial charge on any atom is 0.226 e. The lowest BCUT2D eigenvalue weighted by molar-refractivity contribution is -0.123. The minimum Gasteiger partial charge on any atom is -0.489 e. The van der Waals surface area contributed by atoms with E-state index < -0.39 is 0 Å². The van der Waals surface area contributed by atoms with Crippen molar-refractivity contribution in [3.8, 4) is 22.9 Å². The van der Waals surface area contributed by atoms with Gasteiger partial charge in [0.05, 0.1) is 35.5 Å². The number of nitrogens with zero attached hydrogens (tertiary/aromatic N) is 4. The third kappa shape index (κ3) is 5.87. The summed E-state index contributed by atoms with van der Waals surface area (Å²) in [5, 5.41) is 19.8. The first kappa shape index (κ1) is 23.8. The van der Waals surface area contributed by atoms with Crippen molar-refractivity contribution in [2.75, 3.05) is 32.1 Å². The molecule has 0 fully saturated rings. The van der Waals surface area contributed by atoms with Crippen LogP contribution in [0.5, 0.6) is 5.75 Å². The van der Waals surface area contributed by atoms with E-state index in [-0.39, 0.29) is 17.9 Å². The van der Waals surface area contributed by atoms with Crippen LogP contribution in [0.25, 0.3) is 16.6 Å². The summed E-state index contributed by atoms with van der Waals surface area (Å²) < 4.78 is 12.7. The zero-order valence-electron chi connectivity index (χ0n) is 19.0. The molecule has 3 heterocycles. The Bertz CT molecular complexity index is 1150. The number of carbonyl (C=O) groups excluding carboxylic acids is 1. The fraction of sp³-hybridized carbons (Fsp3) is 0.333. The van der Waals surface area contributed by atoms with Gasteiger partial charge in [0.15, 0.2) is 0 Å². The van der Waals surface area contributed by atoms with Crippen LogP contribution in [0.2, 0.25) is 0 Å². The average Bonchev–Trinajstić information content (AvgIpc) is 3.27. The number of anilines is 1. The fourth-order valence-electron chi connectivity index (χ4n) is 3.06. The van der Waals surface area contributed by atoms with Gasteiger partial charge in [-0.2, -0.15) is 10.4 Å². The van der Waals surface area contributed by atoms with E-state index in [1.165, 1.54) is 6.20 Å². The smallest absolute Gasteiger partial charge is 0.226 e. The lowest BCUT2D eigenvalue weighted by atomic mass is 10.1. The van der Waals surface area contributed by atoms with Gasteiger partial charge in [0.1, 0.15) is 24.2 Å². The van der Waals surface area contributed by atoms with Crippen LogP contribution in [-0.4, -0.2) is 53.4 Å². The largest absolute Gasteiger partial charge is 0.489 e. The van der Waals surface area contributed by atoms with Crippen LogP contribution >= 0.6 is 0 Å². The van der Waals surface area contributed by atoms with Gasteiger partial charge in [-0.25, -0.2) is 9.50 Å². The van der Waals surface area contributed by atoms with Crippen molar-refractivity contribution >= 4 is 17.2 Å². The third-order valence-corrected chi connectivity index (χ3v) is 5.17. The van der Waals surface area contributed by atoms with Crippen molar-refractivity contribution in [3.05, 3.63) is 55.0 Å². The first-order chi connectivity index (χ1) is 16.0. The SMILES string of the molecule is C=CC(C)C(=O)NCCNc1ccc(-c2cc(OC[C@H](C)OC)cn3ncc(C#N)c23)cn1. The molecule has 3 aromatic rings. The van der Waals surface area contributed by atoms with Crippen molar-refractivity contribution in [2.24, 2.45) is 5.92 Å². The van der Waals surface area contributed by atoms with Crippen LogP contribution in [0.3, 0.4) is 0 Å². The van der Waals surface area contributed by atoms with E-state index in [9.17, 15) is 10.1 Å². The monoisotopic (exact) mass is 448 g/mol. The molecular formula is C24H28N6O3. The van der Waals surface area contributed by atoms with Gasteiger partial charge in [0.25, 0.3) is 0 Å². The standard InChI is InChI=1S/C24H28N6O3/c1-5-16(2)24(31)27-9-8-26-22-7-6-18(12-28-22)21-10-20(33-15-17(3)32-4)14-30-23(21)19(11-25)13-29-30/h5-7,10,12-14,16-17H,1,8-9,15H2,2-4H3,(H,26,28)(H,27,31)/t16?,17-/m0/s1. The highest BCUT2D eigenvalue weighted by Gasteiger charge is 2.14. The van der Waals surface area contributed by atoms with Crippen LogP contribution in [-0.2, 0) is 9.53 Å². The molecule has 1 unspecified atom stereocenters. The van der Waals surface area contributed by atoms with E-state index in [4.69, 9.17) is 9.47 Å². The first-order valence-electron chi connectivity index (χ1n) is 10.6. The number of hydrogen-bond donors (Lipinski definition) is 2. The number of fused-ring (bicyclic) bond motifs is 1. The lowest BCUT2D eigenvalue weighted by Crippen LogP contribution is -2.32. The number of amides is 1. The summed E-state index contributed by atoms with van der Waals surface area (Å²) in [5.74, 6) is 1.01. The van der Waals surface area contributed by atoms with Gasteiger partial charge in [-0.1, -0.05) is 13.0 Å². The van der Waals surface area contributed by atoms with Gasteiger partial charge in [-0.05, 0) is 25.1 Å². The molecule has 172 valence electrons. The highest BCUT2D eigenvalue weighted by atomic mass is 16.5. The molecule has 0 aliphatic heterocycles. The van der Waals surface area contributed by atoms with Gasteiger partial charge in [-0.3, -0.25) is 4.79 Å². The first-order valence-corrected chi connectivity index (χ1v) is 10.6. The van der Waals surface area contributed by atoms with E-state index in [0.29, 0.717) is 42.3 Å². The Morgan fingerprint density at radius 2 is 2.15 bits per heavy atom. The van der Waals surface area contributed by atoms with Gasteiger partial charge in [-0.15, -0.1) is 6.58 Å². The molecular weight excluding hydrogens is 420 g/mol. The molecule has 0 bridgehead atoms. The number of nitrogens with one attached hydrogen (secondary N) is 2. The maximum atomic E-state index is 11.8. The Morgan fingerprint density at radius 3 is 2.82 bits per heavy atom. The number of rotatable bonds is 11. The molecule has 3 aromatic heterocycles. The van der Waals surface area contributed by atoms with Gasteiger partial charge in [0.2, 0.25) is 5.91 Å². The molecule has 0 radical (unpaired) electrons. The summed E-state index contributed by atoms with van der Waals surface area (Å²) in [6.07, 6.45) is 6.55. The van der Waals surface area contributed by atoms with E-state index in [2.05, 4.69) is 33.4 Å². The number of aromatic nitrogens is 3. The molecule has 0 saturated heterocycles. The summed E-state index contributed by atoms with van der Waals surface area (Å²) in [6.45, 7) is 8.73. The van der Waals surface area contributed by atoms with Crippen LogP contribution < -0.4 is 15.4 Å². The number of ether oxygens (including phenoxy) is 2. The summed E-state index contributed by atoms with van der Waals surface area (Å²) >= 11 is 0. The molecule has 0 aliphatic carbocycles. The lowest BCUT2D eigenvalue weighted by Gasteiger charge is -2.14. The van der Waals surface area contributed by atoms with Crippen molar-refractivity contribution in [3.63, 3.8) is 0 Å². The highest BCUT2D eigenvalue weighted by Crippen LogP contribution is 2.31. The molecule has 0 aromatic carbocycles. The Hall–Kier alpha value is -3.90. The Morgan fingerprint density at radius 1 is 1.33 bits per heavy atom. The van der Waals surface area contributed by atoms with E-state index in [0.717, 1.165) is 11.1 Å². The predicted octanol–water partition coefficient (Wildman–Crippen LogP) is 3.03. The van der Waals surface area contributed by atoms with E-state index in [1.54, 1.807) is 37.0 Å². The Balaban J connectivity index is 1.76. The topological polar surface area (TPSA) is 114 Å². The Labute approximate surface area is 193 Å². The average molecular weight is 449 g/mol. The summed E-state index contributed by atoms with van der Waals surface area (Å²) in [7, 11) is 1.63. The number of pyridine rings is 2. The van der Waals surface area contributed by atoms with Crippen LogP contribution in [0, 0.1) is 17.2 Å². The normalized spacial score (nSPS) is 12.5. The number of methoxy groups -OCH3 is 1. The molecule has 0 aliphatic rings. The molecule has 3 rings (SSSR count). The van der Waals surface area contributed by atoms with Crippen molar-refractivity contribution in [1.82, 2.24) is 19.9 Å². The predicted molar refractivity (Wildman–Crippen MR) is 126 cm³/mol. The summed E-state index contributed by atoms with van der Waals surface area (Å²) in [6, 6.07) is 7.83. The second-order valence-electron chi connectivity index (χ2n) is 7.58. The molecule has 0 spiro atoms. The number of nitriles is 1. The highest BCUT2D eigenvalue weighted by molar-refractivity contribution is 5.85. The summed E-state index contributed by atoms with van der Waals surface area (Å²) in [5.41, 5.74) is 2.76. The second-order valence-corrected chi connectivity index (χ2v) is 7.58. The van der Waals surface area contributed by atoms with Gasteiger partial charge < -0.3 is 20.1 Å². The van der Waals surface area contributed by atoms with Crippen LogP contribution in [0.15, 0.2) is 49.4 Å². The van der Waals surface area contributed by atoms with Gasteiger partial charge >= 0.3 is 0 Å².